The van der Waals surface area contributed by atoms with Gasteiger partial charge in [0.15, 0.2) is 0 Å². The molecular weight excluding hydrogens is 310 g/mol. The van der Waals surface area contributed by atoms with Crippen molar-refractivity contribution in [3.63, 3.8) is 0 Å². The van der Waals surface area contributed by atoms with Crippen LogP contribution in [0, 0.1) is 10.1 Å². The summed E-state index contributed by atoms with van der Waals surface area (Å²) in [5.74, 6) is -0.192. The fourth-order valence-electron chi connectivity index (χ4n) is 2.96. The van der Waals surface area contributed by atoms with Crippen molar-refractivity contribution in [2.45, 2.75) is 31.8 Å². The Balaban J connectivity index is 1.58. The van der Waals surface area contributed by atoms with E-state index in [1.807, 2.05) is 0 Å². The van der Waals surface area contributed by atoms with Gasteiger partial charge in [-0.3, -0.25) is 20.0 Å². The van der Waals surface area contributed by atoms with Crippen LogP contribution in [0.3, 0.4) is 0 Å². The Bertz CT molecular complexity index is 812. The van der Waals surface area contributed by atoms with Crippen LogP contribution >= 0.6 is 0 Å². The van der Waals surface area contributed by atoms with Crippen molar-refractivity contribution >= 4 is 17.3 Å². The highest BCUT2D eigenvalue weighted by Gasteiger charge is 2.27. The summed E-state index contributed by atoms with van der Waals surface area (Å²) in [5.41, 5.74) is 2.82. The number of aromatic amines is 1. The number of anilines is 1. The van der Waals surface area contributed by atoms with Gasteiger partial charge in [0.1, 0.15) is 5.69 Å². The van der Waals surface area contributed by atoms with Gasteiger partial charge in [-0.1, -0.05) is 0 Å². The zero-order valence-electron chi connectivity index (χ0n) is 13.0. The lowest BCUT2D eigenvalue weighted by Gasteiger charge is -2.26. The van der Waals surface area contributed by atoms with Crippen molar-refractivity contribution in [1.82, 2.24) is 15.1 Å². The predicted molar refractivity (Wildman–Crippen MR) is 86.8 cm³/mol. The first-order valence-corrected chi connectivity index (χ1v) is 7.97. The number of aromatic nitrogens is 2. The van der Waals surface area contributed by atoms with Crippen LogP contribution in [0.2, 0.25) is 0 Å². The lowest BCUT2D eigenvalue weighted by atomic mass is 10.1. The van der Waals surface area contributed by atoms with Gasteiger partial charge in [0.25, 0.3) is 11.6 Å². The number of nitro groups is 1. The van der Waals surface area contributed by atoms with Crippen molar-refractivity contribution in [2.24, 2.45) is 0 Å². The number of rotatable bonds is 4. The van der Waals surface area contributed by atoms with Crippen LogP contribution in [-0.2, 0) is 13.0 Å². The van der Waals surface area contributed by atoms with Gasteiger partial charge < -0.3 is 10.2 Å². The molecule has 24 heavy (non-hydrogen) atoms. The van der Waals surface area contributed by atoms with Crippen LogP contribution in [-0.4, -0.2) is 38.5 Å². The van der Waals surface area contributed by atoms with Crippen molar-refractivity contribution in [2.75, 3.05) is 11.9 Å². The third kappa shape index (κ3) is 2.70. The van der Waals surface area contributed by atoms with E-state index in [4.69, 9.17) is 0 Å². The number of fused-ring (bicyclic) bond motifs is 1. The molecule has 0 atom stereocenters. The molecule has 1 aromatic heterocycles. The molecule has 1 amide bonds. The molecule has 1 aliphatic carbocycles. The number of nitrogens with zero attached hydrogens (tertiary/aromatic N) is 3. The molecule has 124 valence electrons. The maximum Gasteiger partial charge on any atom is 0.293 e. The van der Waals surface area contributed by atoms with E-state index < -0.39 is 4.92 Å². The molecule has 2 aromatic rings. The molecule has 0 bridgehead atoms. The highest BCUT2D eigenvalue weighted by molar-refractivity contribution is 5.96. The number of nitro benzene ring substituents is 1. The molecule has 8 heteroatoms. The van der Waals surface area contributed by atoms with E-state index in [-0.39, 0.29) is 11.6 Å². The Morgan fingerprint density at radius 2 is 2.25 bits per heavy atom. The molecular formula is C16H17N5O3. The Labute approximate surface area is 138 Å². The Kier molecular flexibility index (Phi) is 3.44. The number of nitrogens with one attached hydrogen (secondary N) is 2. The summed E-state index contributed by atoms with van der Waals surface area (Å²) in [7, 11) is 0. The maximum atomic E-state index is 12.7. The number of carbonyl (C=O) groups is 1. The summed E-state index contributed by atoms with van der Waals surface area (Å²) in [5, 5.41) is 21.4. The zero-order valence-corrected chi connectivity index (χ0v) is 13.0. The molecule has 1 aliphatic heterocycles. The lowest BCUT2D eigenvalue weighted by Crippen LogP contribution is -2.35. The summed E-state index contributed by atoms with van der Waals surface area (Å²) in [4.78, 5) is 25.3. The van der Waals surface area contributed by atoms with E-state index in [1.54, 1.807) is 23.2 Å². The summed E-state index contributed by atoms with van der Waals surface area (Å²) >= 11 is 0. The molecule has 2 heterocycles. The minimum Gasteiger partial charge on any atom is -0.377 e. The fourth-order valence-corrected chi connectivity index (χ4v) is 2.96. The van der Waals surface area contributed by atoms with Crippen LogP contribution < -0.4 is 5.32 Å². The second kappa shape index (κ2) is 5.63. The zero-order chi connectivity index (χ0) is 16.7. The molecule has 0 spiro atoms. The van der Waals surface area contributed by atoms with Crippen molar-refractivity contribution < 1.29 is 9.72 Å². The van der Waals surface area contributed by atoms with E-state index in [9.17, 15) is 14.9 Å². The maximum absolute atomic E-state index is 12.7. The second-order valence-corrected chi connectivity index (χ2v) is 6.26. The highest BCUT2D eigenvalue weighted by Crippen LogP contribution is 2.32. The minimum atomic E-state index is -0.439. The van der Waals surface area contributed by atoms with Gasteiger partial charge in [-0.2, -0.15) is 5.10 Å². The smallest absolute Gasteiger partial charge is 0.293 e. The van der Waals surface area contributed by atoms with Crippen LogP contribution in [0.25, 0.3) is 0 Å². The normalized spacial score (nSPS) is 16.6. The summed E-state index contributed by atoms with van der Waals surface area (Å²) in [6.45, 7) is 1.05. The van der Waals surface area contributed by atoms with Crippen molar-refractivity contribution in [1.29, 1.82) is 0 Å². The SMILES string of the molecule is O=C(c1ccc(NC2CC2)c([N+](=O)[O-])c1)N1CCc2[nH]ncc2C1. The summed E-state index contributed by atoms with van der Waals surface area (Å²) < 4.78 is 0. The van der Waals surface area contributed by atoms with E-state index >= 15 is 0 Å². The molecule has 0 saturated heterocycles. The molecule has 0 unspecified atom stereocenters. The van der Waals surface area contributed by atoms with Crippen LogP contribution in [0.15, 0.2) is 24.4 Å². The van der Waals surface area contributed by atoms with Gasteiger partial charge in [0, 0.05) is 48.4 Å². The average Bonchev–Trinajstić information content (AvgIpc) is 3.27. The Hall–Kier alpha value is -2.90. The molecule has 8 nitrogen and oxygen atoms in total. The van der Waals surface area contributed by atoms with Crippen LogP contribution in [0.4, 0.5) is 11.4 Å². The number of benzene rings is 1. The topological polar surface area (TPSA) is 104 Å². The first kappa shape index (κ1) is 14.7. The van der Waals surface area contributed by atoms with E-state index in [1.165, 1.54) is 6.07 Å². The Morgan fingerprint density at radius 1 is 1.42 bits per heavy atom. The minimum absolute atomic E-state index is 0.0474. The largest absolute Gasteiger partial charge is 0.377 e. The highest BCUT2D eigenvalue weighted by atomic mass is 16.6. The lowest BCUT2D eigenvalue weighted by molar-refractivity contribution is -0.384. The number of carbonyl (C=O) groups excluding carboxylic acids is 1. The van der Waals surface area contributed by atoms with Gasteiger partial charge in [0.05, 0.1) is 11.1 Å². The van der Waals surface area contributed by atoms with E-state index in [0.29, 0.717) is 36.8 Å². The summed E-state index contributed by atoms with van der Waals surface area (Å²) in [6, 6.07) is 4.98. The Morgan fingerprint density at radius 3 is 3.00 bits per heavy atom. The summed E-state index contributed by atoms with van der Waals surface area (Å²) in [6.07, 6.45) is 4.49. The van der Waals surface area contributed by atoms with E-state index in [2.05, 4.69) is 15.5 Å². The number of amides is 1. The number of hydrogen-bond donors (Lipinski definition) is 2. The van der Waals surface area contributed by atoms with Gasteiger partial charge in [-0.05, 0) is 25.0 Å². The molecule has 2 aliphatic rings. The molecule has 4 rings (SSSR count). The van der Waals surface area contributed by atoms with Gasteiger partial charge in [-0.25, -0.2) is 0 Å². The van der Waals surface area contributed by atoms with E-state index in [0.717, 1.165) is 24.1 Å². The molecule has 0 radical (unpaired) electrons. The molecule has 1 aromatic carbocycles. The predicted octanol–water partition coefficient (Wildman–Crippen LogP) is 2.09. The quantitative estimate of drug-likeness (QED) is 0.661. The van der Waals surface area contributed by atoms with Crippen LogP contribution in [0.1, 0.15) is 34.5 Å². The first-order valence-electron chi connectivity index (χ1n) is 7.97. The van der Waals surface area contributed by atoms with Crippen molar-refractivity contribution in [3.05, 3.63) is 51.3 Å². The number of hydrogen-bond acceptors (Lipinski definition) is 5. The van der Waals surface area contributed by atoms with Gasteiger partial charge in [0.2, 0.25) is 0 Å². The monoisotopic (exact) mass is 327 g/mol. The molecule has 1 fully saturated rings. The van der Waals surface area contributed by atoms with Gasteiger partial charge in [-0.15, -0.1) is 0 Å². The third-order valence-corrected chi connectivity index (χ3v) is 4.47. The van der Waals surface area contributed by atoms with Crippen molar-refractivity contribution in [3.8, 4) is 0 Å². The van der Waals surface area contributed by atoms with Crippen LogP contribution in [0.5, 0.6) is 0 Å². The number of H-pyrrole nitrogens is 1. The standard InChI is InChI=1S/C16H17N5O3/c22-16(20-6-5-13-11(9-20)8-17-19-13)10-1-4-14(18-12-2-3-12)15(7-10)21(23)24/h1,4,7-8,12,18H,2-3,5-6,9H2,(H,17,19). The molecule has 1 saturated carbocycles. The second-order valence-electron chi connectivity index (χ2n) is 6.26. The average molecular weight is 327 g/mol. The first-order chi connectivity index (χ1) is 11.6. The third-order valence-electron chi connectivity index (χ3n) is 4.47. The molecule has 2 N–H and O–H groups in total. The van der Waals surface area contributed by atoms with Gasteiger partial charge >= 0.3 is 0 Å². The fraction of sp³-hybridized carbons (Fsp3) is 0.375.